The number of ether oxygens (including phenoxy) is 1. The zero-order valence-electron chi connectivity index (χ0n) is 10.0. The Balaban J connectivity index is 2.16. The fraction of sp³-hybridized carbons (Fsp3) is 0.538. The Morgan fingerprint density at radius 3 is 2.94 bits per heavy atom. The Labute approximate surface area is 107 Å². The molecule has 1 heterocycles. The maximum Gasteiger partial charge on any atom is 0.162 e. The number of methoxy groups -OCH3 is 1. The van der Waals surface area contributed by atoms with Crippen LogP contribution in [-0.2, 0) is 6.42 Å². The molecule has 1 saturated heterocycles. The average molecular weight is 256 g/mol. The molecule has 1 aliphatic rings. The second-order valence-corrected chi connectivity index (χ2v) is 4.90. The molecule has 3 nitrogen and oxygen atoms in total. The van der Waals surface area contributed by atoms with Crippen LogP contribution in [0.1, 0.15) is 24.8 Å². The maximum absolute atomic E-state index is 10.0. The van der Waals surface area contributed by atoms with Crippen LogP contribution in [0.25, 0.3) is 0 Å². The number of nitrogens with one attached hydrogen (secondary N) is 1. The van der Waals surface area contributed by atoms with E-state index < -0.39 is 0 Å². The fourth-order valence-corrected chi connectivity index (χ4v) is 2.53. The molecule has 0 spiro atoms. The average Bonchev–Trinajstić information content (AvgIpc) is 2.34. The molecular formula is C13H18ClNO2. The number of halogens is 1. The van der Waals surface area contributed by atoms with Crippen molar-refractivity contribution in [2.75, 3.05) is 13.7 Å². The molecule has 2 rings (SSSR count). The lowest BCUT2D eigenvalue weighted by Gasteiger charge is -2.24. The van der Waals surface area contributed by atoms with Crippen molar-refractivity contribution in [2.24, 2.45) is 0 Å². The minimum absolute atomic E-state index is 0.212. The normalized spacial score (nSPS) is 20.2. The smallest absolute Gasteiger partial charge is 0.162 e. The third-order valence-corrected chi connectivity index (χ3v) is 3.44. The number of benzene rings is 1. The van der Waals surface area contributed by atoms with Crippen LogP contribution < -0.4 is 10.1 Å². The molecule has 1 unspecified atom stereocenters. The number of piperidine rings is 1. The van der Waals surface area contributed by atoms with Gasteiger partial charge in [-0.3, -0.25) is 0 Å². The number of phenols is 1. The van der Waals surface area contributed by atoms with E-state index in [2.05, 4.69) is 5.32 Å². The molecule has 1 fully saturated rings. The van der Waals surface area contributed by atoms with Gasteiger partial charge in [-0.1, -0.05) is 18.0 Å². The SMILES string of the molecule is COc1cc(Cl)cc(CC2CCCCN2)c1O. The lowest BCUT2D eigenvalue weighted by molar-refractivity contribution is 0.362. The van der Waals surface area contributed by atoms with Gasteiger partial charge in [0.05, 0.1) is 7.11 Å². The Kier molecular flexibility index (Phi) is 4.13. The van der Waals surface area contributed by atoms with E-state index in [0.717, 1.165) is 24.9 Å². The topological polar surface area (TPSA) is 41.5 Å². The highest BCUT2D eigenvalue weighted by atomic mass is 35.5. The van der Waals surface area contributed by atoms with Crippen LogP contribution in [0.2, 0.25) is 5.02 Å². The largest absolute Gasteiger partial charge is 0.504 e. The van der Waals surface area contributed by atoms with Gasteiger partial charge < -0.3 is 15.2 Å². The first-order chi connectivity index (χ1) is 8.20. The van der Waals surface area contributed by atoms with Crippen molar-refractivity contribution in [1.29, 1.82) is 0 Å². The fourth-order valence-electron chi connectivity index (χ4n) is 2.30. The molecular weight excluding hydrogens is 238 g/mol. The van der Waals surface area contributed by atoms with Gasteiger partial charge in [0.2, 0.25) is 0 Å². The van der Waals surface area contributed by atoms with E-state index in [1.807, 2.05) is 6.07 Å². The summed E-state index contributed by atoms with van der Waals surface area (Å²) in [6.07, 6.45) is 4.43. The van der Waals surface area contributed by atoms with Crippen molar-refractivity contribution in [3.63, 3.8) is 0 Å². The molecule has 94 valence electrons. The number of hydrogen-bond donors (Lipinski definition) is 2. The zero-order chi connectivity index (χ0) is 12.3. The summed E-state index contributed by atoms with van der Waals surface area (Å²) < 4.78 is 5.10. The van der Waals surface area contributed by atoms with Crippen LogP contribution in [0.15, 0.2) is 12.1 Å². The second-order valence-electron chi connectivity index (χ2n) is 4.47. The van der Waals surface area contributed by atoms with Gasteiger partial charge in [-0.25, -0.2) is 0 Å². The number of hydrogen-bond acceptors (Lipinski definition) is 3. The minimum Gasteiger partial charge on any atom is -0.504 e. The Hall–Kier alpha value is -0.930. The summed E-state index contributed by atoms with van der Waals surface area (Å²) >= 11 is 6.01. The number of phenolic OH excluding ortho intramolecular Hbond substituents is 1. The Bertz CT molecular complexity index is 389. The van der Waals surface area contributed by atoms with Crippen LogP contribution in [0.4, 0.5) is 0 Å². The van der Waals surface area contributed by atoms with Crippen LogP contribution in [0, 0.1) is 0 Å². The summed E-state index contributed by atoms with van der Waals surface area (Å²) in [6, 6.07) is 3.88. The highest BCUT2D eigenvalue weighted by Crippen LogP contribution is 2.34. The molecule has 0 aromatic heterocycles. The van der Waals surface area contributed by atoms with E-state index in [0.29, 0.717) is 16.8 Å². The third kappa shape index (κ3) is 3.05. The lowest BCUT2D eigenvalue weighted by Crippen LogP contribution is -2.35. The first-order valence-electron chi connectivity index (χ1n) is 5.99. The van der Waals surface area contributed by atoms with E-state index >= 15 is 0 Å². The van der Waals surface area contributed by atoms with Gasteiger partial charge >= 0.3 is 0 Å². The van der Waals surface area contributed by atoms with Crippen molar-refractivity contribution in [3.8, 4) is 11.5 Å². The first-order valence-corrected chi connectivity index (χ1v) is 6.37. The summed E-state index contributed by atoms with van der Waals surface area (Å²) in [6.45, 7) is 1.06. The zero-order valence-corrected chi connectivity index (χ0v) is 10.8. The molecule has 17 heavy (non-hydrogen) atoms. The number of rotatable bonds is 3. The van der Waals surface area contributed by atoms with Crippen molar-refractivity contribution in [2.45, 2.75) is 31.7 Å². The van der Waals surface area contributed by atoms with Gasteiger partial charge in [0.15, 0.2) is 11.5 Å². The second kappa shape index (κ2) is 5.61. The molecule has 4 heteroatoms. The molecule has 0 bridgehead atoms. The summed E-state index contributed by atoms with van der Waals surface area (Å²) in [5, 5.41) is 14.1. The lowest BCUT2D eigenvalue weighted by atomic mass is 9.97. The predicted octanol–water partition coefficient (Wildman–Crippen LogP) is 2.74. The molecule has 0 radical (unpaired) electrons. The van der Waals surface area contributed by atoms with Gasteiger partial charge in [-0.05, 0) is 31.9 Å². The van der Waals surface area contributed by atoms with Crippen molar-refractivity contribution in [1.82, 2.24) is 5.32 Å². The van der Waals surface area contributed by atoms with Crippen molar-refractivity contribution < 1.29 is 9.84 Å². The highest BCUT2D eigenvalue weighted by molar-refractivity contribution is 6.30. The molecule has 0 amide bonds. The van der Waals surface area contributed by atoms with Crippen LogP contribution in [0.3, 0.4) is 0 Å². The van der Waals surface area contributed by atoms with Gasteiger partial charge in [0, 0.05) is 22.7 Å². The molecule has 1 aromatic carbocycles. The summed E-state index contributed by atoms with van der Waals surface area (Å²) in [7, 11) is 1.54. The van der Waals surface area contributed by atoms with Gasteiger partial charge in [-0.2, -0.15) is 0 Å². The molecule has 1 atom stereocenters. The standard InChI is InChI=1S/C13H18ClNO2/c1-17-12-8-10(14)6-9(13(12)16)7-11-4-2-3-5-15-11/h6,8,11,15-16H,2-5,7H2,1H3. The molecule has 1 aliphatic heterocycles. The molecule has 2 N–H and O–H groups in total. The number of aromatic hydroxyl groups is 1. The van der Waals surface area contributed by atoms with Gasteiger partial charge in [0.1, 0.15) is 0 Å². The monoisotopic (exact) mass is 255 g/mol. The first kappa shape index (κ1) is 12.5. The van der Waals surface area contributed by atoms with Crippen LogP contribution >= 0.6 is 11.6 Å². The van der Waals surface area contributed by atoms with E-state index in [1.165, 1.54) is 20.0 Å². The highest BCUT2D eigenvalue weighted by Gasteiger charge is 2.17. The van der Waals surface area contributed by atoms with E-state index in [4.69, 9.17) is 16.3 Å². The molecule has 0 saturated carbocycles. The van der Waals surface area contributed by atoms with E-state index in [9.17, 15) is 5.11 Å². The Morgan fingerprint density at radius 2 is 2.29 bits per heavy atom. The van der Waals surface area contributed by atoms with E-state index in [1.54, 1.807) is 6.07 Å². The summed E-state index contributed by atoms with van der Waals surface area (Å²) in [4.78, 5) is 0. The predicted molar refractivity (Wildman–Crippen MR) is 69.0 cm³/mol. The molecule has 0 aliphatic carbocycles. The van der Waals surface area contributed by atoms with E-state index in [-0.39, 0.29) is 5.75 Å². The Morgan fingerprint density at radius 1 is 1.47 bits per heavy atom. The molecule has 1 aromatic rings. The van der Waals surface area contributed by atoms with Crippen molar-refractivity contribution >= 4 is 11.6 Å². The maximum atomic E-state index is 10.0. The summed E-state index contributed by atoms with van der Waals surface area (Å²) in [5.74, 6) is 0.660. The quantitative estimate of drug-likeness (QED) is 0.873. The van der Waals surface area contributed by atoms with Crippen molar-refractivity contribution in [3.05, 3.63) is 22.7 Å². The minimum atomic E-state index is 0.212. The van der Waals surface area contributed by atoms with Crippen LogP contribution in [0.5, 0.6) is 11.5 Å². The van der Waals surface area contributed by atoms with Gasteiger partial charge in [-0.15, -0.1) is 0 Å². The summed E-state index contributed by atoms with van der Waals surface area (Å²) in [5.41, 5.74) is 0.855. The third-order valence-electron chi connectivity index (χ3n) is 3.22. The van der Waals surface area contributed by atoms with Gasteiger partial charge in [0.25, 0.3) is 0 Å². The van der Waals surface area contributed by atoms with Crippen LogP contribution in [-0.4, -0.2) is 24.8 Å².